The number of pyridine rings is 2. The highest BCUT2D eigenvalue weighted by molar-refractivity contribution is 6.01. The van der Waals surface area contributed by atoms with Gasteiger partial charge in [-0.3, -0.25) is 9.48 Å². The third-order valence-electron chi connectivity index (χ3n) is 6.72. The number of aromatic nitrogens is 8. The van der Waals surface area contributed by atoms with Crippen LogP contribution in [0.15, 0.2) is 67.6 Å². The van der Waals surface area contributed by atoms with Crippen molar-refractivity contribution in [3.8, 4) is 11.1 Å². The van der Waals surface area contributed by atoms with Crippen molar-refractivity contribution in [2.24, 2.45) is 7.05 Å². The van der Waals surface area contributed by atoms with Gasteiger partial charge in [0.25, 0.3) is 5.91 Å². The lowest BCUT2D eigenvalue weighted by Crippen LogP contribution is -2.41. The maximum Gasteiger partial charge on any atom is 0.258 e. The summed E-state index contributed by atoms with van der Waals surface area (Å²) in [4.78, 5) is 23.4. The van der Waals surface area contributed by atoms with Gasteiger partial charge >= 0.3 is 0 Å². The largest absolute Gasteiger partial charge is 0.348 e. The van der Waals surface area contributed by atoms with E-state index in [-0.39, 0.29) is 11.7 Å². The minimum absolute atomic E-state index is 0.185. The van der Waals surface area contributed by atoms with Crippen molar-refractivity contribution < 1.29 is 9.18 Å². The third kappa shape index (κ3) is 3.05. The Morgan fingerprint density at radius 1 is 1.08 bits per heavy atom. The number of halogens is 1. The fraction of sp³-hybridized carbons (Fsp3) is 0.160. The molecule has 1 N–H and O–H groups in total. The molecule has 0 saturated heterocycles. The van der Waals surface area contributed by atoms with Gasteiger partial charge in [-0.15, -0.1) is 0 Å². The second-order valence-corrected chi connectivity index (χ2v) is 8.88. The SMILES string of the molecule is Cn1cc(-c2ccc3c(C(=O)N4CCc5[nH]cnc5C4c4cc5c(F)cccn5n4)cnn3c2)cn1. The van der Waals surface area contributed by atoms with Crippen molar-refractivity contribution in [2.45, 2.75) is 12.5 Å². The standard InChI is InChI=1S/C25H20FN9O/c1-32-12-16(10-29-32)15-4-5-21-17(11-30-35(21)13-15)25(36)33-8-6-19-23(28-14-27-19)24(33)20-9-22-18(26)3-2-7-34(22)31-20/h2-5,7,9-14,24H,6,8H2,1H3,(H,27,28). The van der Waals surface area contributed by atoms with Crippen LogP contribution in [0.4, 0.5) is 4.39 Å². The van der Waals surface area contributed by atoms with E-state index in [1.54, 1.807) is 51.1 Å². The molecule has 0 spiro atoms. The first-order chi connectivity index (χ1) is 17.6. The Kier molecular flexibility index (Phi) is 4.34. The minimum atomic E-state index is -0.559. The van der Waals surface area contributed by atoms with Crippen LogP contribution in [0, 0.1) is 5.82 Å². The van der Waals surface area contributed by atoms with Crippen LogP contribution in [0.1, 0.15) is 33.5 Å². The maximum absolute atomic E-state index is 14.4. The number of fused-ring (bicyclic) bond motifs is 3. The number of nitrogens with zero attached hydrogens (tertiary/aromatic N) is 8. The summed E-state index contributed by atoms with van der Waals surface area (Å²) in [6, 6.07) is 7.96. The summed E-state index contributed by atoms with van der Waals surface area (Å²) >= 11 is 0. The number of imidazole rings is 1. The Morgan fingerprint density at radius 3 is 2.83 bits per heavy atom. The Hall–Kier alpha value is -4.80. The second-order valence-electron chi connectivity index (χ2n) is 8.88. The Balaban J connectivity index is 1.31. The highest BCUT2D eigenvalue weighted by Crippen LogP contribution is 2.35. The van der Waals surface area contributed by atoms with Crippen LogP contribution in [0.5, 0.6) is 0 Å². The summed E-state index contributed by atoms with van der Waals surface area (Å²) < 4.78 is 19.4. The summed E-state index contributed by atoms with van der Waals surface area (Å²) in [5.41, 5.74) is 5.65. The normalized spacial score (nSPS) is 15.6. The van der Waals surface area contributed by atoms with Gasteiger partial charge in [0.05, 0.1) is 41.2 Å². The Labute approximate surface area is 203 Å². The van der Waals surface area contributed by atoms with Gasteiger partial charge in [-0.05, 0) is 24.3 Å². The van der Waals surface area contributed by atoms with Crippen molar-refractivity contribution in [1.82, 2.24) is 43.9 Å². The van der Waals surface area contributed by atoms with Crippen molar-refractivity contribution in [2.75, 3.05) is 6.54 Å². The molecule has 10 nitrogen and oxygen atoms in total. The summed E-state index contributed by atoms with van der Waals surface area (Å²) in [7, 11) is 1.87. The second kappa shape index (κ2) is 7.60. The van der Waals surface area contributed by atoms with Gasteiger partial charge in [0.1, 0.15) is 17.4 Å². The first-order valence-corrected chi connectivity index (χ1v) is 11.5. The van der Waals surface area contributed by atoms with Crippen molar-refractivity contribution >= 4 is 16.9 Å². The van der Waals surface area contributed by atoms with Gasteiger partial charge in [-0.25, -0.2) is 18.4 Å². The molecule has 7 rings (SSSR count). The van der Waals surface area contributed by atoms with Crippen molar-refractivity contribution in [3.05, 3.63) is 96.1 Å². The molecular formula is C25H20FN9O. The molecule has 0 saturated carbocycles. The molecule has 6 aromatic rings. The molecule has 6 aromatic heterocycles. The number of hydrogen-bond acceptors (Lipinski definition) is 5. The minimum Gasteiger partial charge on any atom is -0.348 e. The molecule has 1 atom stereocenters. The number of carbonyl (C=O) groups excluding carboxylic acids is 1. The summed E-state index contributed by atoms with van der Waals surface area (Å²) in [5, 5.41) is 13.3. The Bertz CT molecular complexity index is 1770. The number of aromatic amines is 1. The molecule has 1 amide bonds. The lowest BCUT2D eigenvalue weighted by atomic mass is 9.98. The van der Waals surface area contributed by atoms with Gasteiger partial charge in [0, 0.05) is 55.4 Å². The highest BCUT2D eigenvalue weighted by atomic mass is 19.1. The van der Waals surface area contributed by atoms with E-state index in [0.717, 1.165) is 16.8 Å². The summed E-state index contributed by atoms with van der Waals surface area (Å²) in [6.07, 6.45) is 11.1. The topological polar surface area (TPSA) is 101 Å². The van der Waals surface area contributed by atoms with Crippen LogP contribution < -0.4 is 0 Å². The predicted octanol–water partition coefficient (Wildman–Crippen LogP) is 3.03. The van der Waals surface area contributed by atoms with Crippen LogP contribution in [-0.2, 0) is 13.5 Å². The molecule has 11 heteroatoms. The molecule has 7 heterocycles. The number of aryl methyl sites for hydroxylation is 1. The van der Waals surface area contributed by atoms with E-state index >= 15 is 0 Å². The smallest absolute Gasteiger partial charge is 0.258 e. The Morgan fingerprint density at radius 2 is 2.00 bits per heavy atom. The zero-order valence-electron chi connectivity index (χ0n) is 19.2. The number of amides is 1. The highest BCUT2D eigenvalue weighted by Gasteiger charge is 2.37. The van der Waals surface area contributed by atoms with E-state index in [9.17, 15) is 9.18 Å². The number of hydrogen-bond donors (Lipinski definition) is 1. The van der Waals surface area contributed by atoms with Crippen LogP contribution in [0.25, 0.3) is 22.2 Å². The monoisotopic (exact) mass is 481 g/mol. The molecule has 178 valence electrons. The number of H-pyrrole nitrogens is 1. The third-order valence-corrected chi connectivity index (χ3v) is 6.72. The molecule has 1 aliphatic rings. The first-order valence-electron chi connectivity index (χ1n) is 11.5. The van der Waals surface area contributed by atoms with Crippen LogP contribution in [-0.4, -0.2) is 56.3 Å². The maximum atomic E-state index is 14.4. The van der Waals surface area contributed by atoms with Crippen molar-refractivity contribution in [3.63, 3.8) is 0 Å². The zero-order chi connectivity index (χ0) is 24.4. The van der Waals surface area contributed by atoms with Gasteiger partial charge in [-0.1, -0.05) is 6.07 Å². The molecule has 1 unspecified atom stereocenters. The van der Waals surface area contributed by atoms with Crippen LogP contribution in [0.2, 0.25) is 0 Å². The van der Waals surface area contributed by atoms with E-state index in [1.165, 1.54) is 10.6 Å². The molecule has 0 radical (unpaired) electrons. The number of rotatable bonds is 3. The molecule has 0 aromatic carbocycles. The van der Waals surface area contributed by atoms with Gasteiger partial charge < -0.3 is 9.88 Å². The average Bonchev–Trinajstić information content (AvgIpc) is 3.68. The van der Waals surface area contributed by atoms with Gasteiger partial charge in [-0.2, -0.15) is 15.3 Å². The first kappa shape index (κ1) is 20.6. The lowest BCUT2D eigenvalue weighted by Gasteiger charge is -2.33. The molecular weight excluding hydrogens is 461 g/mol. The average molecular weight is 481 g/mol. The van der Waals surface area contributed by atoms with Crippen LogP contribution in [0.3, 0.4) is 0 Å². The summed E-state index contributed by atoms with van der Waals surface area (Å²) in [5.74, 6) is -0.561. The van der Waals surface area contributed by atoms with E-state index in [1.807, 2.05) is 31.6 Å². The molecule has 1 aliphatic heterocycles. The molecule has 0 bridgehead atoms. The fourth-order valence-electron chi connectivity index (χ4n) is 4.97. The van der Waals surface area contributed by atoms with E-state index in [0.29, 0.717) is 41.0 Å². The van der Waals surface area contributed by atoms with Gasteiger partial charge in [0.2, 0.25) is 0 Å². The van der Waals surface area contributed by atoms with Gasteiger partial charge in [0.15, 0.2) is 0 Å². The fourth-order valence-corrected chi connectivity index (χ4v) is 4.97. The zero-order valence-corrected chi connectivity index (χ0v) is 19.2. The van der Waals surface area contributed by atoms with Crippen molar-refractivity contribution in [1.29, 1.82) is 0 Å². The lowest BCUT2D eigenvalue weighted by molar-refractivity contribution is 0.0689. The predicted molar refractivity (Wildman–Crippen MR) is 128 cm³/mol. The van der Waals surface area contributed by atoms with E-state index in [2.05, 4.69) is 25.3 Å². The van der Waals surface area contributed by atoms with E-state index in [4.69, 9.17) is 0 Å². The molecule has 36 heavy (non-hydrogen) atoms. The molecule has 0 fully saturated rings. The summed E-state index contributed by atoms with van der Waals surface area (Å²) in [6.45, 7) is 0.458. The molecule has 0 aliphatic carbocycles. The number of nitrogens with one attached hydrogen (secondary N) is 1. The van der Waals surface area contributed by atoms with E-state index < -0.39 is 6.04 Å². The van der Waals surface area contributed by atoms with Crippen LogP contribution >= 0.6 is 0 Å². The number of carbonyl (C=O) groups is 1. The quantitative estimate of drug-likeness (QED) is 0.419.